The number of piperazine rings is 1. The van der Waals surface area contributed by atoms with Crippen molar-refractivity contribution in [3.05, 3.63) is 65.4 Å². The van der Waals surface area contributed by atoms with E-state index in [-0.39, 0.29) is 24.9 Å². The molecule has 1 saturated heterocycles. The molecule has 5 rings (SSSR count). The monoisotopic (exact) mass is 463 g/mol. The Kier molecular flexibility index (Phi) is 6.02. The third-order valence-electron chi connectivity index (χ3n) is 6.75. The Balaban J connectivity index is 1.65. The fraction of sp³-hybridized carbons (Fsp3) is 0.385. The van der Waals surface area contributed by atoms with Gasteiger partial charge in [-0.1, -0.05) is 36.4 Å². The van der Waals surface area contributed by atoms with E-state index >= 15 is 0 Å². The first-order valence-corrected chi connectivity index (χ1v) is 11.5. The van der Waals surface area contributed by atoms with Crippen molar-refractivity contribution in [2.45, 2.75) is 31.7 Å². The Morgan fingerprint density at radius 3 is 2.56 bits per heavy atom. The zero-order valence-electron chi connectivity index (χ0n) is 19.6. The Labute approximate surface area is 198 Å². The van der Waals surface area contributed by atoms with Gasteiger partial charge in [-0.05, 0) is 24.6 Å². The van der Waals surface area contributed by atoms with Gasteiger partial charge in [0, 0.05) is 42.8 Å². The summed E-state index contributed by atoms with van der Waals surface area (Å²) in [6, 6.07) is 14.7. The smallest absolute Gasteiger partial charge is 0.246 e. The second-order valence-electron chi connectivity index (χ2n) is 8.58. The van der Waals surface area contributed by atoms with Crippen LogP contribution >= 0.6 is 0 Å². The quantitative estimate of drug-likeness (QED) is 0.545. The highest BCUT2D eigenvalue weighted by Gasteiger charge is 2.49. The summed E-state index contributed by atoms with van der Waals surface area (Å²) in [4.78, 5) is 34.2. The lowest BCUT2D eigenvalue weighted by molar-refractivity contribution is -0.167. The maximum atomic E-state index is 13.7. The highest BCUT2D eigenvalue weighted by molar-refractivity contribution is 5.97. The van der Waals surface area contributed by atoms with Gasteiger partial charge in [0.15, 0.2) is 6.29 Å². The molecular formula is C26H29N3O5. The van der Waals surface area contributed by atoms with E-state index in [1.807, 2.05) is 49.4 Å². The van der Waals surface area contributed by atoms with Crippen molar-refractivity contribution in [2.24, 2.45) is 0 Å². The molecule has 3 heterocycles. The highest BCUT2D eigenvalue weighted by Crippen LogP contribution is 2.44. The number of methoxy groups -OCH3 is 2. The Bertz CT molecular complexity index is 1220. The minimum Gasteiger partial charge on any atom is -0.494 e. The predicted octanol–water partition coefficient (Wildman–Crippen LogP) is 2.87. The molecule has 1 aromatic heterocycles. The molecule has 2 atom stereocenters. The molecule has 0 aliphatic carbocycles. The summed E-state index contributed by atoms with van der Waals surface area (Å²) in [6.45, 7) is 2.61. The van der Waals surface area contributed by atoms with Crippen LogP contribution in [0.3, 0.4) is 0 Å². The summed E-state index contributed by atoms with van der Waals surface area (Å²) in [5.41, 5.74) is 3.85. The number of carbonyl (C=O) groups excluding carboxylic acids is 2. The van der Waals surface area contributed by atoms with Crippen molar-refractivity contribution < 1.29 is 23.8 Å². The van der Waals surface area contributed by atoms with Gasteiger partial charge in [0.25, 0.3) is 0 Å². The van der Waals surface area contributed by atoms with Crippen LogP contribution in [0.1, 0.15) is 29.8 Å². The van der Waals surface area contributed by atoms with E-state index in [2.05, 4.69) is 11.1 Å². The van der Waals surface area contributed by atoms with Crippen molar-refractivity contribution >= 4 is 22.7 Å². The van der Waals surface area contributed by atoms with Crippen molar-refractivity contribution in [2.75, 3.05) is 33.9 Å². The SMILES string of the molecule is CCOc1ccccc1C1c2[nH]c3ccccc3c2C[C@H]2C(=O)N(CC(OC)OC)CC(=O)N12. The highest BCUT2D eigenvalue weighted by atomic mass is 16.7. The number of benzene rings is 2. The van der Waals surface area contributed by atoms with Crippen LogP contribution in [-0.2, 0) is 25.5 Å². The number of para-hydroxylation sites is 2. The van der Waals surface area contributed by atoms with Gasteiger partial charge in [0.05, 0.1) is 13.2 Å². The maximum absolute atomic E-state index is 13.7. The number of amides is 2. The average Bonchev–Trinajstić information content (AvgIpc) is 3.23. The van der Waals surface area contributed by atoms with Crippen molar-refractivity contribution in [1.29, 1.82) is 0 Å². The number of carbonyl (C=O) groups is 2. The lowest BCUT2D eigenvalue weighted by atomic mass is 9.86. The molecule has 0 saturated carbocycles. The number of nitrogens with zero attached hydrogens (tertiary/aromatic N) is 2. The number of rotatable bonds is 7. The molecule has 0 radical (unpaired) electrons. The lowest BCUT2D eigenvalue weighted by Gasteiger charge is -2.47. The molecule has 0 spiro atoms. The summed E-state index contributed by atoms with van der Waals surface area (Å²) in [7, 11) is 3.05. The van der Waals surface area contributed by atoms with Gasteiger partial charge in [-0.2, -0.15) is 0 Å². The number of nitrogens with one attached hydrogen (secondary N) is 1. The molecule has 1 fully saturated rings. The van der Waals surface area contributed by atoms with E-state index in [0.717, 1.165) is 27.7 Å². The second-order valence-corrected chi connectivity index (χ2v) is 8.58. The molecule has 1 N–H and O–H groups in total. The topological polar surface area (TPSA) is 84.1 Å². The van der Waals surface area contributed by atoms with Gasteiger partial charge in [-0.25, -0.2) is 0 Å². The van der Waals surface area contributed by atoms with Crippen LogP contribution in [0.25, 0.3) is 10.9 Å². The van der Waals surface area contributed by atoms with Crippen LogP contribution in [-0.4, -0.2) is 72.8 Å². The molecule has 8 nitrogen and oxygen atoms in total. The fourth-order valence-electron chi connectivity index (χ4n) is 5.22. The van der Waals surface area contributed by atoms with Crippen molar-refractivity contribution in [3.8, 4) is 5.75 Å². The van der Waals surface area contributed by atoms with Crippen LogP contribution in [0.4, 0.5) is 0 Å². The van der Waals surface area contributed by atoms with E-state index < -0.39 is 18.4 Å². The largest absolute Gasteiger partial charge is 0.494 e. The minimum absolute atomic E-state index is 0.0264. The molecule has 2 amide bonds. The van der Waals surface area contributed by atoms with E-state index in [1.54, 1.807) is 9.80 Å². The molecule has 178 valence electrons. The van der Waals surface area contributed by atoms with E-state index in [0.29, 0.717) is 18.8 Å². The van der Waals surface area contributed by atoms with Crippen LogP contribution in [0, 0.1) is 0 Å². The third-order valence-corrected chi connectivity index (χ3v) is 6.75. The molecule has 8 heteroatoms. The lowest BCUT2D eigenvalue weighted by Crippen LogP contribution is -2.64. The average molecular weight is 464 g/mol. The molecule has 2 aliphatic heterocycles. The standard InChI is InChI=1S/C26H29N3O5/c1-4-34-21-12-8-6-10-17(21)25-24-18(16-9-5-7-11-19(16)27-24)13-20-26(31)28(14-22(30)29(20)25)15-23(32-2)33-3/h5-12,20,23,25,27H,4,13-15H2,1-3H3/t20-,25?/m0/s1. The molecule has 2 aromatic carbocycles. The molecule has 0 bridgehead atoms. The molecule has 2 aliphatic rings. The van der Waals surface area contributed by atoms with Crippen LogP contribution in [0.5, 0.6) is 5.75 Å². The molecule has 1 unspecified atom stereocenters. The normalized spacial score (nSPS) is 20.1. The predicted molar refractivity (Wildman–Crippen MR) is 126 cm³/mol. The second kappa shape index (κ2) is 9.12. The fourth-order valence-corrected chi connectivity index (χ4v) is 5.22. The van der Waals surface area contributed by atoms with Gasteiger partial charge < -0.3 is 29.0 Å². The minimum atomic E-state index is -0.623. The van der Waals surface area contributed by atoms with Crippen molar-refractivity contribution in [3.63, 3.8) is 0 Å². The summed E-state index contributed by atoms with van der Waals surface area (Å²) >= 11 is 0. The first kappa shape index (κ1) is 22.4. The first-order valence-electron chi connectivity index (χ1n) is 11.5. The zero-order valence-corrected chi connectivity index (χ0v) is 19.6. The Morgan fingerprint density at radius 2 is 1.79 bits per heavy atom. The van der Waals surface area contributed by atoms with E-state index in [4.69, 9.17) is 14.2 Å². The Morgan fingerprint density at radius 1 is 1.06 bits per heavy atom. The van der Waals surface area contributed by atoms with Gasteiger partial charge in [-0.3, -0.25) is 9.59 Å². The summed E-state index contributed by atoms with van der Waals surface area (Å²) < 4.78 is 16.5. The zero-order chi connectivity index (χ0) is 23.8. The maximum Gasteiger partial charge on any atom is 0.246 e. The van der Waals surface area contributed by atoms with Crippen LogP contribution < -0.4 is 4.74 Å². The number of fused-ring (bicyclic) bond motifs is 4. The van der Waals surface area contributed by atoms with Gasteiger partial charge in [-0.15, -0.1) is 0 Å². The van der Waals surface area contributed by atoms with Gasteiger partial charge in [0.1, 0.15) is 24.4 Å². The number of H-pyrrole nitrogens is 1. The van der Waals surface area contributed by atoms with E-state index in [1.165, 1.54) is 14.2 Å². The number of hydrogen-bond acceptors (Lipinski definition) is 5. The Hall–Kier alpha value is -3.36. The third kappa shape index (κ3) is 3.63. The number of aromatic amines is 1. The molecular weight excluding hydrogens is 434 g/mol. The summed E-state index contributed by atoms with van der Waals surface area (Å²) in [6.07, 6.45) is -0.150. The number of hydrogen-bond donors (Lipinski definition) is 1. The van der Waals surface area contributed by atoms with E-state index in [9.17, 15) is 9.59 Å². The summed E-state index contributed by atoms with van der Waals surface area (Å²) in [5.74, 6) is 0.492. The summed E-state index contributed by atoms with van der Waals surface area (Å²) in [5, 5.41) is 1.07. The van der Waals surface area contributed by atoms with Gasteiger partial charge >= 0.3 is 0 Å². The molecule has 34 heavy (non-hydrogen) atoms. The molecule has 3 aromatic rings. The van der Waals surface area contributed by atoms with Crippen LogP contribution in [0.2, 0.25) is 0 Å². The van der Waals surface area contributed by atoms with Gasteiger partial charge in [0.2, 0.25) is 11.8 Å². The first-order chi connectivity index (χ1) is 16.6. The number of ether oxygens (including phenoxy) is 3. The van der Waals surface area contributed by atoms with Crippen molar-refractivity contribution in [1.82, 2.24) is 14.8 Å². The number of aromatic nitrogens is 1. The van der Waals surface area contributed by atoms with Crippen LogP contribution in [0.15, 0.2) is 48.5 Å².